The first kappa shape index (κ1) is 9.96. The van der Waals surface area contributed by atoms with Crippen LogP contribution in [0.3, 0.4) is 0 Å². The molecular formula is C5H9NO4S. The molecule has 64 valence electrons. The summed E-state index contributed by atoms with van der Waals surface area (Å²) in [4.78, 5) is 10.2. The van der Waals surface area contributed by atoms with E-state index in [1.165, 1.54) is 6.92 Å². The molecule has 0 aromatic rings. The summed E-state index contributed by atoms with van der Waals surface area (Å²) in [6, 6.07) is 0. The predicted octanol–water partition coefficient (Wildman–Crippen LogP) is 0.206. The first-order valence-electron chi connectivity index (χ1n) is 2.66. The molecule has 0 atom stereocenters. The fraction of sp³-hybridized carbons (Fsp3) is 0.400. The smallest absolute Gasteiger partial charge is 0.420 e. The molecule has 0 aromatic heterocycles. The molecule has 1 N–H and O–H groups in total. The summed E-state index contributed by atoms with van der Waals surface area (Å²) in [5.41, 5.74) is 0. The standard InChI is InChI=1S/C5H9NO4S/c1-4(2)11(8,9)6-5(7)10-3/h1H2,2-3H3,(H,6,7). The summed E-state index contributed by atoms with van der Waals surface area (Å²) in [5, 5.41) is 0. The zero-order valence-electron chi connectivity index (χ0n) is 6.25. The van der Waals surface area contributed by atoms with Crippen LogP contribution in [0, 0.1) is 0 Å². The number of carbonyl (C=O) groups excluding carboxylic acids is 1. The molecule has 11 heavy (non-hydrogen) atoms. The lowest BCUT2D eigenvalue weighted by molar-refractivity contribution is 0.178. The average Bonchev–Trinajstić information content (AvgIpc) is 1.86. The number of hydrogen-bond donors (Lipinski definition) is 1. The van der Waals surface area contributed by atoms with E-state index in [4.69, 9.17) is 0 Å². The fourth-order valence-electron chi connectivity index (χ4n) is 0.238. The molecule has 0 aromatic carbocycles. The van der Waals surface area contributed by atoms with Crippen LogP contribution in [-0.4, -0.2) is 21.6 Å². The number of allylic oxidation sites excluding steroid dienone is 1. The van der Waals surface area contributed by atoms with Crippen molar-refractivity contribution >= 4 is 16.1 Å². The van der Waals surface area contributed by atoms with Gasteiger partial charge in [0.15, 0.2) is 0 Å². The molecule has 0 saturated carbocycles. The van der Waals surface area contributed by atoms with Crippen LogP contribution in [0.25, 0.3) is 0 Å². The maximum Gasteiger partial charge on any atom is 0.420 e. The Morgan fingerprint density at radius 3 is 2.27 bits per heavy atom. The van der Waals surface area contributed by atoms with Gasteiger partial charge in [0.25, 0.3) is 10.0 Å². The van der Waals surface area contributed by atoms with Crippen LogP contribution in [-0.2, 0) is 14.8 Å². The third-order valence-corrected chi connectivity index (χ3v) is 2.21. The number of rotatable bonds is 2. The van der Waals surface area contributed by atoms with Gasteiger partial charge in [-0.15, -0.1) is 0 Å². The van der Waals surface area contributed by atoms with Crippen molar-refractivity contribution in [3.63, 3.8) is 0 Å². The lowest BCUT2D eigenvalue weighted by Gasteiger charge is -2.02. The average molecular weight is 179 g/mol. The third kappa shape index (κ3) is 3.03. The van der Waals surface area contributed by atoms with Gasteiger partial charge < -0.3 is 4.74 Å². The summed E-state index contributed by atoms with van der Waals surface area (Å²) < 4.78 is 27.3. The highest BCUT2D eigenvalue weighted by Crippen LogP contribution is 1.97. The summed E-state index contributed by atoms with van der Waals surface area (Å²) in [7, 11) is -2.66. The Morgan fingerprint density at radius 2 is 2.00 bits per heavy atom. The predicted molar refractivity (Wildman–Crippen MR) is 39.3 cm³/mol. The Bertz CT molecular complexity index is 266. The van der Waals surface area contributed by atoms with E-state index in [9.17, 15) is 13.2 Å². The minimum atomic E-state index is -3.73. The van der Waals surface area contributed by atoms with Crippen molar-refractivity contribution in [3.05, 3.63) is 11.5 Å². The van der Waals surface area contributed by atoms with Crippen LogP contribution in [0.2, 0.25) is 0 Å². The van der Waals surface area contributed by atoms with Gasteiger partial charge in [-0.2, -0.15) is 0 Å². The maximum absolute atomic E-state index is 10.8. The van der Waals surface area contributed by atoms with Crippen LogP contribution < -0.4 is 4.72 Å². The van der Waals surface area contributed by atoms with Crippen molar-refractivity contribution in [2.24, 2.45) is 0 Å². The van der Waals surface area contributed by atoms with E-state index >= 15 is 0 Å². The molecule has 0 aliphatic heterocycles. The van der Waals surface area contributed by atoms with E-state index in [1.54, 1.807) is 4.72 Å². The highest BCUT2D eigenvalue weighted by molar-refractivity contribution is 7.93. The number of methoxy groups -OCH3 is 1. The van der Waals surface area contributed by atoms with Crippen molar-refractivity contribution in [1.82, 2.24) is 4.72 Å². The van der Waals surface area contributed by atoms with Gasteiger partial charge in [0.2, 0.25) is 0 Å². The normalized spacial score (nSPS) is 10.4. The molecule has 0 radical (unpaired) electrons. The van der Waals surface area contributed by atoms with Crippen molar-refractivity contribution in [3.8, 4) is 0 Å². The van der Waals surface area contributed by atoms with Crippen LogP contribution in [0.5, 0.6) is 0 Å². The summed E-state index contributed by atoms with van der Waals surface area (Å²) in [6.45, 7) is 4.43. The minimum Gasteiger partial charge on any atom is -0.452 e. The second-order valence-corrected chi connectivity index (χ2v) is 3.71. The van der Waals surface area contributed by atoms with Gasteiger partial charge in [-0.3, -0.25) is 0 Å². The van der Waals surface area contributed by atoms with Crippen LogP contribution in [0.15, 0.2) is 11.5 Å². The van der Waals surface area contributed by atoms with Gasteiger partial charge in [0.1, 0.15) is 0 Å². The quantitative estimate of drug-likeness (QED) is 0.657. The maximum atomic E-state index is 10.8. The van der Waals surface area contributed by atoms with Crippen LogP contribution >= 0.6 is 0 Å². The Balaban J connectivity index is 4.39. The van der Waals surface area contributed by atoms with E-state index in [2.05, 4.69) is 11.3 Å². The first-order chi connectivity index (χ1) is 4.90. The van der Waals surface area contributed by atoms with Crippen molar-refractivity contribution in [1.29, 1.82) is 0 Å². The van der Waals surface area contributed by atoms with Crippen molar-refractivity contribution in [2.75, 3.05) is 7.11 Å². The lowest BCUT2D eigenvalue weighted by Crippen LogP contribution is -2.30. The SMILES string of the molecule is C=C(C)S(=O)(=O)NC(=O)OC. The fourth-order valence-corrected chi connectivity index (χ4v) is 0.715. The van der Waals surface area contributed by atoms with E-state index in [-0.39, 0.29) is 4.91 Å². The summed E-state index contributed by atoms with van der Waals surface area (Å²) >= 11 is 0. The highest BCUT2D eigenvalue weighted by atomic mass is 32.2. The molecule has 0 heterocycles. The third-order valence-electron chi connectivity index (χ3n) is 0.862. The minimum absolute atomic E-state index is 0.136. The molecule has 0 rings (SSSR count). The number of sulfonamides is 1. The van der Waals surface area contributed by atoms with E-state index in [1.807, 2.05) is 0 Å². The largest absolute Gasteiger partial charge is 0.452 e. The van der Waals surface area contributed by atoms with Crippen molar-refractivity contribution < 1.29 is 17.9 Å². The molecule has 0 aliphatic rings. The topological polar surface area (TPSA) is 72.5 Å². The van der Waals surface area contributed by atoms with Gasteiger partial charge in [0, 0.05) is 0 Å². The van der Waals surface area contributed by atoms with Gasteiger partial charge in [-0.25, -0.2) is 17.9 Å². The second-order valence-electron chi connectivity index (χ2n) is 1.80. The van der Waals surface area contributed by atoms with Gasteiger partial charge in [0.05, 0.1) is 12.0 Å². The Morgan fingerprint density at radius 1 is 1.55 bits per heavy atom. The summed E-state index contributed by atoms with van der Waals surface area (Å²) in [5.74, 6) is 0. The molecule has 0 aliphatic carbocycles. The number of carbonyl (C=O) groups is 1. The number of hydrogen-bond acceptors (Lipinski definition) is 4. The van der Waals surface area contributed by atoms with Gasteiger partial charge in [-0.05, 0) is 6.92 Å². The highest BCUT2D eigenvalue weighted by Gasteiger charge is 2.14. The summed E-state index contributed by atoms with van der Waals surface area (Å²) in [6.07, 6.45) is -1.02. The number of ether oxygens (including phenoxy) is 1. The van der Waals surface area contributed by atoms with Crippen LogP contribution in [0.4, 0.5) is 4.79 Å². The molecule has 5 nitrogen and oxygen atoms in total. The molecule has 0 unspecified atom stereocenters. The van der Waals surface area contributed by atoms with E-state index in [0.717, 1.165) is 7.11 Å². The molecule has 6 heteroatoms. The number of nitrogens with one attached hydrogen (secondary N) is 1. The molecule has 0 saturated heterocycles. The Labute approximate surface area is 65.1 Å². The first-order valence-corrected chi connectivity index (χ1v) is 4.14. The van der Waals surface area contributed by atoms with Crippen LogP contribution in [0.1, 0.15) is 6.92 Å². The zero-order chi connectivity index (χ0) is 9.07. The van der Waals surface area contributed by atoms with Gasteiger partial charge in [-0.1, -0.05) is 6.58 Å². The Hall–Kier alpha value is -1.04. The molecule has 0 bridgehead atoms. The van der Waals surface area contributed by atoms with E-state index < -0.39 is 16.1 Å². The van der Waals surface area contributed by atoms with Crippen molar-refractivity contribution in [2.45, 2.75) is 6.92 Å². The van der Waals surface area contributed by atoms with Gasteiger partial charge >= 0.3 is 6.09 Å². The molecule has 0 fully saturated rings. The monoisotopic (exact) mass is 179 g/mol. The lowest BCUT2D eigenvalue weighted by atomic mass is 10.8. The number of amides is 1. The Kier molecular flexibility index (Phi) is 3.06. The zero-order valence-corrected chi connectivity index (χ0v) is 7.06. The molecular weight excluding hydrogens is 170 g/mol. The molecule has 0 spiro atoms. The van der Waals surface area contributed by atoms with E-state index in [0.29, 0.717) is 0 Å². The second kappa shape index (κ2) is 3.38. The molecule has 1 amide bonds.